The number of anilines is 1. The first-order valence-electron chi connectivity index (χ1n) is 6.00. The van der Waals surface area contributed by atoms with Gasteiger partial charge in [-0.25, -0.2) is 4.98 Å². The van der Waals surface area contributed by atoms with Crippen molar-refractivity contribution in [2.75, 3.05) is 25.7 Å². The maximum atomic E-state index is 12.8. The number of nitrogens with zero attached hydrogens (tertiary/aromatic N) is 3. The Bertz CT molecular complexity index is 520. The number of oxime groups is 1. The second-order valence-electron chi connectivity index (χ2n) is 4.47. The summed E-state index contributed by atoms with van der Waals surface area (Å²) >= 11 is 0. The molecule has 0 saturated heterocycles. The first kappa shape index (κ1) is 17.0. The van der Waals surface area contributed by atoms with Gasteiger partial charge in [0.05, 0.1) is 18.2 Å². The van der Waals surface area contributed by atoms with Gasteiger partial charge in [0.2, 0.25) is 0 Å². The lowest BCUT2D eigenvalue weighted by Crippen LogP contribution is -2.35. The SMILES string of the molecule is COCC(C)N(C)c1nc(C(F)(F)F)ccc1C(N)=NO. The number of amidine groups is 1. The van der Waals surface area contributed by atoms with Crippen molar-refractivity contribution in [2.45, 2.75) is 19.1 Å². The summed E-state index contributed by atoms with van der Waals surface area (Å²) in [7, 11) is 3.04. The number of ether oxygens (including phenoxy) is 1. The van der Waals surface area contributed by atoms with E-state index in [1.165, 1.54) is 12.0 Å². The fraction of sp³-hybridized carbons (Fsp3) is 0.500. The zero-order valence-corrected chi connectivity index (χ0v) is 11.8. The van der Waals surface area contributed by atoms with Crippen LogP contribution in [0.25, 0.3) is 0 Å². The molecule has 1 aromatic rings. The Labute approximate surface area is 120 Å². The largest absolute Gasteiger partial charge is 0.433 e. The van der Waals surface area contributed by atoms with Gasteiger partial charge in [-0.3, -0.25) is 0 Å². The monoisotopic (exact) mass is 306 g/mol. The molecule has 0 radical (unpaired) electrons. The Hall–Kier alpha value is -2.03. The zero-order chi connectivity index (χ0) is 16.2. The summed E-state index contributed by atoms with van der Waals surface area (Å²) < 4.78 is 43.3. The van der Waals surface area contributed by atoms with Crippen molar-refractivity contribution in [2.24, 2.45) is 10.9 Å². The summed E-state index contributed by atoms with van der Waals surface area (Å²) in [6.45, 7) is 2.03. The number of likely N-dealkylation sites (N-methyl/N-ethyl adjacent to an activating group) is 1. The van der Waals surface area contributed by atoms with Crippen LogP contribution in [0.4, 0.5) is 19.0 Å². The minimum absolute atomic E-state index is 0.0373. The zero-order valence-electron chi connectivity index (χ0n) is 11.8. The molecule has 3 N–H and O–H groups in total. The smallest absolute Gasteiger partial charge is 0.409 e. The van der Waals surface area contributed by atoms with Crippen LogP contribution in [-0.2, 0) is 10.9 Å². The van der Waals surface area contributed by atoms with Crippen LogP contribution in [-0.4, -0.2) is 42.8 Å². The summed E-state index contributed by atoms with van der Waals surface area (Å²) in [5.41, 5.74) is 4.54. The lowest BCUT2D eigenvalue weighted by molar-refractivity contribution is -0.141. The molecule has 0 aliphatic carbocycles. The molecule has 118 valence electrons. The fourth-order valence-electron chi connectivity index (χ4n) is 1.69. The number of hydrogen-bond acceptors (Lipinski definition) is 5. The highest BCUT2D eigenvalue weighted by molar-refractivity contribution is 6.01. The van der Waals surface area contributed by atoms with Crippen molar-refractivity contribution < 1.29 is 23.1 Å². The molecule has 1 atom stereocenters. The van der Waals surface area contributed by atoms with Gasteiger partial charge in [-0.15, -0.1) is 0 Å². The molecule has 1 aromatic heterocycles. The second kappa shape index (κ2) is 6.61. The summed E-state index contributed by atoms with van der Waals surface area (Å²) in [6.07, 6.45) is -4.58. The van der Waals surface area contributed by atoms with Gasteiger partial charge in [0.15, 0.2) is 5.84 Å². The number of rotatable bonds is 5. The molecule has 1 unspecified atom stereocenters. The molecule has 0 saturated carbocycles. The van der Waals surface area contributed by atoms with Crippen LogP contribution in [0.3, 0.4) is 0 Å². The van der Waals surface area contributed by atoms with Crippen molar-refractivity contribution in [1.29, 1.82) is 0 Å². The highest BCUT2D eigenvalue weighted by Crippen LogP contribution is 2.30. The molecule has 0 aliphatic heterocycles. The van der Waals surface area contributed by atoms with Gasteiger partial charge in [0, 0.05) is 14.2 Å². The van der Waals surface area contributed by atoms with E-state index in [9.17, 15) is 13.2 Å². The predicted molar refractivity (Wildman–Crippen MR) is 71.5 cm³/mol. The number of halogens is 3. The van der Waals surface area contributed by atoms with E-state index in [0.717, 1.165) is 12.1 Å². The molecule has 1 heterocycles. The number of alkyl halides is 3. The maximum Gasteiger partial charge on any atom is 0.433 e. The number of hydrogen-bond donors (Lipinski definition) is 2. The maximum absolute atomic E-state index is 12.8. The van der Waals surface area contributed by atoms with Crippen molar-refractivity contribution in [3.8, 4) is 0 Å². The van der Waals surface area contributed by atoms with E-state index in [-0.39, 0.29) is 29.9 Å². The second-order valence-corrected chi connectivity index (χ2v) is 4.47. The van der Waals surface area contributed by atoms with Crippen LogP contribution in [0.5, 0.6) is 0 Å². The minimum atomic E-state index is -4.58. The molecule has 0 aliphatic rings. The van der Waals surface area contributed by atoms with Crippen LogP contribution < -0.4 is 10.6 Å². The third-order valence-corrected chi connectivity index (χ3v) is 2.95. The highest BCUT2D eigenvalue weighted by atomic mass is 19.4. The molecule has 0 aromatic carbocycles. The van der Waals surface area contributed by atoms with Crippen molar-refractivity contribution >= 4 is 11.7 Å². The van der Waals surface area contributed by atoms with Gasteiger partial charge >= 0.3 is 6.18 Å². The molecular formula is C12H17F3N4O2. The summed E-state index contributed by atoms with van der Waals surface area (Å²) in [5.74, 6) is -0.354. The average molecular weight is 306 g/mol. The lowest BCUT2D eigenvalue weighted by Gasteiger charge is -2.27. The van der Waals surface area contributed by atoms with Gasteiger partial charge in [-0.05, 0) is 19.1 Å². The van der Waals surface area contributed by atoms with E-state index in [4.69, 9.17) is 15.7 Å². The molecule has 1 rings (SSSR count). The summed E-state index contributed by atoms with van der Waals surface area (Å²) in [6, 6.07) is 1.65. The molecule has 9 heteroatoms. The number of pyridine rings is 1. The normalized spacial score (nSPS) is 14.1. The molecule has 0 bridgehead atoms. The van der Waals surface area contributed by atoms with Crippen molar-refractivity contribution in [1.82, 2.24) is 4.98 Å². The Morgan fingerprint density at radius 2 is 2.14 bits per heavy atom. The van der Waals surface area contributed by atoms with Crippen LogP contribution in [0.15, 0.2) is 17.3 Å². The Balaban J connectivity index is 3.35. The van der Waals surface area contributed by atoms with Crippen LogP contribution in [0.1, 0.15) is 18.2 Å². The Kier molecular flexibility index (Phi) is 5.36. The Morgan fingerprint density at radius 1 is 1.52 bits per heavy atom. The molecule has 0 fully saturated rings. The molecule has 0 spiro atoms. The number of methoxy groups -OCH3 is 1. The fourth-order valence-corrected chi connectivity index (χ4v) is 1.69. The average Bonchev–Trinajstić information content (AvgIpc) is 2.44. The van der Waals surface area contributed by atoms with Gasteiger partial charge < -0.3 is 20.6 Å². The highest BCUT2D eigenvalue weighted by Gasteiger charge is 2.34. The van der Waals surface area contributed by atoms with Crippen LogP contribution >= 0.6 is 0 Å². The molecule has 21 heavy (non-hydrogen) atoms. The van der Waals surface area contributed by atoms with Crippen LogP contribution in [0, 0.1) is 0 Å². The van der Waals surface area contributed by atoms with E-state index in [2.05, 4.69) is 10.1 Å². The first-order chi connectivity index (χ1) is 9.72. The molecule has 0 amide bonds. The standard InChI is InChI=1S/C12H17F3N4O2/c1-7(6-21-3)19(2)11-8(10(16)18-20)4-5-9(17-11)12(13,14)15/h4-5,7,20H,6H2,1-3H3,(H2,16,18). The quantitative estimate of drug-likeness (QED) is 0.374. The van der Waals surface area contributed by atoms with E-state index in [1.54, 1.807) is 14.0 Å². The number of aromatic nitrogens is 1. The van der Waals surface area contributed by atoms with E-state index >= 15 is 0 Å². The lowest BCUT2D eigenvalue weighted by atomic mass is 10.1. The van der Waals surface area contributed by atoms with Crippen molar-refractivity contribution in [3.63, 3.8) is 0 Å². The third kappa shape index (κ3) is 3.97. The van der Waals surface area contributed by atoms with Gasteiger partial charge in [0.1, 0.15) is 11.5 Å². The van der Waals surface area contributed by atoms with Crippen molar-refractivity contribution in [3.05, 3.63) is 23.4 Å². The van der Waals surface area contributed by atoms with Gasteiger partial charge in [0.25, 0.3) is 0 Å². The minimum Gasteiger partial charge on any atom is -0.409 e. The summed E-state index contributed by atoms with van der Waals surface area (Å²) in [4.78, 5) is 5.07. The van der Waals surface area contributed by atoms with E-state index < -0.39 is 11.9 Å². The topological polar surface area (TPSA) is 84.0 Å². The molecular weight excluding hydrogens is 289 g/mol. The van der Waals surface area contributed by atoms with Crippen LogP contribution in [0.2, 0.25) is 0 Å². The first-order valence-corrected chi connectivity index (χ1v) is 6.00. The van der Waals surface area contributed by atoms with Gasteiger partial charge in [-0.1, -0.05) is 5.16 Å². The van der Waals surface area contributed by atoms with Gasteiger partial charge in [-0.2, -0.15) is 13.2 Å². The Morgan fingerprint density at radius 3 is 2.62 bits per heavy atom. The van der Waals surface area contributed by atoms with E-state index in [1.807, 2.05) is 0 Å². The third-order valence-electron chi connectivity index (χ3n) is 2.95. The predicted octanol–water partition coefficient (Wildman–Crippen LogP) is 1.67. The molecule has 6 nitrogen and oxygen atoms in total. The van der Waals surface area contributed by atoms with E-state index in [0.29, 0.717) is 0 Å². The summed E-state index contributed by atoms with van der Waals surface area (Å²) in [5, 5.41) is 11.5. The number of nitrogens with two attached hydrogens (primary N) is 1.